The van der Waals surface area contributed by atoms with Crippen LogP contribution < -0.4 is 11.1 Å². The van der Waals surface area contributed by atoms with Crippen molar-refractivity contribution in [2.45, 2.75) is 58.7 Å². The van der Waals surface area contributed by atoms with E-state index >= 15 is 0 Å². The average molecular weight is 461 g/mol. The molecule has 0 unspecified atom stereocenters. The van der Waals surface area contributed by atoms with Crippen molar-refractivity contribution in [3.05, 3.63) is 53.1 Å². The van der Waals surface area contributed by atoms with Gasteiger partial charge < -0.3 is 15.8 Å². The number of nitrogen functional groups attached to an aromatic ring is 1. The average Bonchev–Trinajstić information content (AvgIpc) is 3.33. The molecule has 34 heavy (non-hydrogen) atoms. The van der Waals surface area contributed by atoms with Gasteiger partial charge in [0, 0.05) is 29.7 Å². The summed E-state index contributed by atoms with van der Waals surface area (Å²) >= 11 is 0. The lowest BCUT2D eigenvalue weighted by atomic mass is 9.99. The Hall–Kier alpha value is -3.32. The molecule has 3 aromatic rings. The number of ether oxygens (including phenoxy) is 1. The third kappa shape index (κ3) is 4.28. The molecule has 0 radical (unpaired) electrons. The summed E-state index contributed by atoms with van der Waals surface area (Å²) in [5, 5.41) is 3.81. The summed E-state index contributed by atoms with van der Waals surface area (Å²) in [4.78, 5) is 28.6. The van der Waals surface area contributed by atoms with E-state index in [4.69, 9.17) is 10.5 Å². The first kappa shape index (κ1) is 22.5. The molecule has 0 bridgehead atoms. The lowest BCUT2D eigenvalue weighted by Crippen LogP contribution is -2.29. The third-order valence-corrected chi connectivity index (χ3v) is 6.48. The number of nitrogens with zero attached hydrogens (tertiary/aromatic N) is 2. The van der Waals surface area contributed by atoms with Gasteiger partial charge in [0.1, 0.15) is 5.60 Å². The minimum absolute atomic E-state index is 0.156. The monoisotopic (exact) mass is 460 g/mol. The Morgan fingerprint density at radius 1 is 1.09 bits per heavy atom. The van der Waals surface area contributed by atoms with Crippen LogP contribution in [0.25, 0.3) is 22.2 Å². The van der Waals surface area contributed by atoms with Crippen molar-refractivity contribution in [3.63, 3.8) is 0 Å². The second kappa shape index (κ2) is 8.47. The number of carbonyl (C=O) groups is 2. The highest BCUT2D eigenvalue weighted by Gasteiger charge is 2.29. The van der Waals surface area contributed by atoms with Gasteiger partial charge in [-0.1, -0.05) is 12.5 Å². The number of benzene rings is 2. The van der Waals surface area contributed by atoms with Crippen LogP contribution in [-0.4, -0.2) is 40.2 Å². The second-order valence-electron chi connectivity index (χ2n) is 10.4. The van der Waals surface area contributed by atoms with E-state index in [-0.39, 0.29) is 5.91 Å². The van der Waals surface area contributed by atoms with E-state index in [1.54, 1.807) is 10.6 Å². The largest absolute Gasteiger partial charge is 0.443 e. The Bertz CT molecular complexity index is 1280. The smallest absolute Gasteiger partial charge is 0.419 e. The highest BCUT2D eigenvalue weighted by Crippen LogP contribution is 2.36. The summed E-state index contributed by atoms with van der Waals surface area (Å²) < 4.78 is 7.34. The van der Waals surface area contributed by atoms with E-state index in [0.717, 1.165) is 36.1 Å². The molecule has 7 heteroatoms. The number of aromatic nitrogens is 1. The van der Waals surface area contributed by atoms with Gasteiger partial charge in [0.05, 0.1) is 16.8 Å². The summed E-state index contributed by atoms with van der Waals surface area (Å²) in [6.45, 7) is 9.09. The fraction of sp³-hybridized carbons (Fsp3) is 0.407. The van der Waals surface area contributed by atoms with Crippen LogP contribution in [0, 0.1) is 0 Å². The van der Waals surface area contributed by atoms with E-state index in [1.165, 1.54) is 24.8 Å². The van der Waals surface area contributed by atoms with Crippen LogP contribution in [0.5, 0.6) is 0 Å². The van der Waals surface area contributed by atoms with Crippen molar-refractivity contribution in [2.24, 2.45) is 0 Å². The number of piperidine rings is 1. The van der Waals surface area contributed by atoms with Crippen molar-refractivity contribution in [1.82, 2.24) is 14.8 Å². The van der Waals surface area contributed by atoms with E-state index in [0.29, 0.717) is 29.1 Å². The molecule has 178 valence electrons. The van der Waals surface area contributed by atoms with Gasteiger partial charge in [0.25, 0.3) is 5.91 Å². The van der Waals surface area contributed by atoms with E-state index in [2.05, 4.69) is 22.3 Å². The molecule has 1 fully saturated rings. The first-order valence-corrected chi connectivity index (χ1v) is 12.0. The molecular weight excluding hydrogens is 428 g/mol. The molecule has 2 aromatic carbocycles. The zero-order chi connectivity index (χ0) is 24.0. The highest BCUT2D eigenvalue weighted by atomic mass is 16.6. The van der Waals surface area contributed by atoms with Gasteiger partial charge in [-0.2, -0.15) is 0 Å². The fourth-order valence-corrected chi connectivity index (χ4v) is 5.04. The summed E-state index contributed by atoms with van der Waals surface area (Å²) in [7, 11) is 0. The van der Waals surface area contributed by atoms with Crippen LogP contribution in [0.4, 0.5) is 10.5 Å². The Labute approximate surface area is 199 Å². The van der Waals surface area contributed by atoms with E-state index in [1.807, 2.05) is 39.0 Å². The van der Waals surface area contributed by atoms with Crippen LogP contribution in [0.1, 0.15) is 61.5 Å². The van der Waals surface area contributed by atoms with Crippen molar-refractivity contribution >= 4 is 28.6 Å². The predicted octanol–water partition coefficient (Wildman–Crippen LogP) is 4.90. The van der Waals surface area contributed by atoms with Crippen molar-refractivity contribution in [2.75, 3.05) is 18.8 Å². The molecule has 0 aliphatic carbocycles. The van der Waals surface area contributed by atoms with E-state index < -0.39 is 11.7 Å². The van der Waals surface area contributed by atoms with Gasteiger partial charge in [-0.3, -0.25) is 9.69 Å². The minimum atomic E-state index is -0.659. The fourth-order valence-electron chi connectivity index (χ4n) is 5.04. The van der Waals surface area contributed by atoms with Gasteiger partial charge >= 0.3 is 6.09 Å². The van der Waals surface area contributed by atoms with Crippen LogP contribution in [0.15, 0.2) is 36.4 Å². The number of hydrogen-bond donors (Lipinski definition) is 2. The molecule has 5 rings (SSSR count). The van der Waals surface area contributed by atoms with Crippen LogP contribution in [-0.2, 0) is 17.8 Å². The maximum Gasteiger partial charge on any atom is 0.419 e. The number of carbonyl (C=O) groups excluding carboxylic acids is 2. The summed E-state index contributed by atoms with van der Waals surface area (Å²) in [5.74, 6) is -0.156. The first-order chi connectivity index (χ1) is 16.2. The second-order valence-corrected chi connectivity index (χ2v) is 10.4. The van der Waals surface area contributed by atoms with Gasteiger partial charge in [-0.05, 0) is 88.2 Å². The molecule has 1 aromatic heterocycles. The number of rotatable bonds is 3. The van der Waals surface area contributed by atoms with Gasteiger partial charge in [0.2, 0.25) is 0 Å². The maximum absolute atomic E-state index is 13.4. The number of fused-ring (bicyclic) bond motifs is 2. The number of nitrogens with one attached hydrogen (secondary N) is 1. The molecule has 3 heterocycles. The molecule has 1 amide bonds. The minimum Gasteiger partial charge on any atom is -0.443 e. The van der Waals surface area contributed by atoms with Crippen LogP contribution in [0.3, 0.4) is 0 Å². The molecular formula is C27H32N4O3. The predicted molar refractivity (Wildman–Crippen MR) is 134 cm³/mol. The molecule has 1 saturated heterocycles. The lowest BCUT2D eigenvalue weighted by Gasteiger charge is -2.26. The standard InChI is InChI=1S/C27H32N4O3/c1-27(2,3)34-26(33)31-22-8-7-17(16-30-9-5-4-6-10-30)11-18(22)13-23(31)21-14-20(28)12-19-15-29-25(32)24(19)21/h7-8,11-14H,4-6,9-10,15-16,28H2,1-3H3,(H,29,32). The lowest BCUT2D eigenvalue weighted by molar-refractivity contribution is 0.0547. The number of likely N-dealkylation sites (tertiary alicyclic amines) is 1. The molecule has 2 aliphatic heterocycles. The SMILES string of the molecule is CC(C)(C)OC(=O)n1c(-c2cc(N)cc3c2C(=O)NC3)cc2cc(CN3CCCCC3)ccc21. The highest BCUT2D eigenvalue weighted by molar-refractivity contribution is 6.07. The Morgan fingerprint density at radius 3 is 2.59 bits per heavy atom. The van der Waals surface area contributed by atoms with Crippen molar-refractivity contribution < 1.29 is 14.3 Å². The number of amides is 1. The van der Waals surface area contributed by atoms with Crippen LogP contribution >= 0.6 is 0 Å². The number of hydrogen-bond acceptors (Lipinski definition) is 5. The maximum atomic E-state index is 13.4. The molecule has 2 aliphatic rings. The van der Waals surface area contributed by atoms with Crippen molar-refractivity contribution in [1.29, 1.82) is 0 Å². The molecule has 0 saturated carbocycles. The summed E-state index contributed by atoms with van der Waals surface area (Å²) in [6, 6.07) is 11.8. The zero-order valence-electron chi connectivity index (χ0n) is 20.1. The summed E-state index contributed by atoms with van der Waals surface area (Å²) in [5.41, 5.74) is 10.7. The Morgan fingerprint density at radius 2 is 1.85 bits per heavy atom. The topological polar surface area (TPSA) is 89.6 Å². The van der Waals surface area contributed by atoms with Crippen LogP contribution in [0.2, 0.25) is 0 Å². The van der Waals surface area contributed by atoms with E-state index in [9.17, 15) is 9.59 Å². The first-order valence-electron chi connectivity index (χ1n) is 12.0. The zero-order valence-corrected chi connectivity index (χ0v) is 20.1. The molecule has 0 atom stereocenters. The van der Waals surface area contributed by atoms with Gasteiger partial charge in [0.15, 0.2) is 0 Å². The normalized spacial score (nSPS) is 16.5. The van der Waals surface area contributed by atoms with Gasteiger partial charge in [-0.25, -0.2) is 9.36 Å². The summed E-state index contributed by atoms with van der Waals surface area (Å²) in [6.07, 6.45) is 3.31. The Balaban J connectivity index is 1.65. The quantitative estimate of drug-likeness (QED) is 0.543. The van der Waals surface area contributed by atoms with Crippen molar-refractivity contribution in [3.8, 4) is 11.3 Å². The molecule has 7 nitrogen and oxygen atoms in total. The third-order valence-electron chi connectivity index (χ3n) is 6.48. The molecule has 3 N–H and O–H groups in total. The Kier molecular flexibility index (Phi) is 5.60. The van der Waals surface area contributed by atoms with Gasteiger partial charge in [-0.15, -0.1) is 0 Å². The molecule has 0 spiro atoms. The number of nitrogens with two attached hydrogens (primary N) is 1. The number of anilines is 1.